The van der Waals surface area contributed by atoms with E-state index in [-0.39, 0.29) is 6.42 Å². The smallest absolute Gasteiger partial charge is 0.180 e. The van der Waals surface area contributed by atoms with Gasteiger partial charge >= 0.3 is 0 Å². The van der Waals surface area contributed by atoms with Crippen LogP contribution >= 0.6 is 0 Å². The van der Waals surface area contributed by atoms with Gasteiger partial charge in [0, 0.05) is 6.42 Å². The lowest BCUT2D eigenvalue weighted by molar-refractivity contribution is -0.0760. The van der Waals surface area contributed by atoms with Crippen LogP contribution in [0, 0.1) is 0 Å². The Hall–Kier alpha value is -1.61. The zero-order valence-corrected chi connectivity index (χ0v) is 9.43. The second-order valence-electron chi connectivity index (χ2n) is 3.96. The number of aromatic nitrogens is 4. The number of rotatable bonds is 5. The van der Waals surface area contributed by atoms with Crippen molar-refractivity contribution < 1.29 is 20.4 Å². The van der Waals surface area contributed by atoms with E-state index in [1.165, 1.54) is 6.33 Å². The van der Waals surface area contributed by atoms with Crippen molar-refractivity contribution >= 4 is 11.2 Å². The first kappa shape index (κ1) is 12.8. The molecule has 2 heterocycles. The second kappa shape index (κ2) is 5.36. The molecule has 0 saturated heterocycles. The zero-order chi connectivity index (χ0) is 13.1. The van der Waals surface area contributed by atoms with E-state index < -0.39 is 24.9 Å². The predicted molar refractivity (Wildman–Crippen MR) is 60.5 cm³/mol. The Kier molecular flexibility index (Phi) is 3.82. The van der Waals surface area contributed by atoms with Gasteiger partial charge in [0.05, 0.1) is 18.9 Å². The lowest BCUT2D eigenvalue weighted by Crippen LogP contribution is -2.40. The molecule has 2 rings (SSSR count). The molecule has 0 aromatic carbocycles. The number of aliphatic hydroxyl groups is 4. The first-order valence-corrected chi connectivity index (χ1v) is 5.41. The van der Waals surface area contributed by atoms with Gasteiger partial charge in [-0.1, -0.05) is 0 Å². The number of nitrogens with zero attached hydrogens (tertiary/aromatic N) is 3. The van der Waals surface area contributed by atoms with Crippen molar-refractivity contribution in [2.24, 2.45) is 0 Å². The Balaban J connectivity index is 2.09. The van der Waals surface area contributed by atoms with Crippen LogP contribution < -0.4 is 0 Å². The number of H-pyrrole nitrogens is 1. The Labute approximate surface area is 102 Å². The first-order valence-electron chi connectivity index (χ1n) is 5.41. The fraction of sp³-hybridized carbons (Fsp3) is 0.500. The van der Waals surface area contributed by atoms with Crippen molar-refractivity contribution in [2.75, 3.05) is 6.61 Å². The standard InChI is InChI=1S/C10H14N4O4/c15-3-7(17)9(18)6(16)1-8-13-5-2-11-4-12-10(5)14-8/h2,4,6-7,9,15-18H,1,3H2,(H,11,12,13,14)/t6-,7+,9-/m0/s1. The minimum Gasteiger partial charge on any atom is -0.394 e. The normalized spacial score (nSPS) is 16.7. The van der Waals surface area contributed by atoms with Crippen LogP contribution in [0.2, 0.25) is 0 Å². The van der Waals surface area contributed by atoms with Crippen LogP contribution in [-0.4, -0.2) is 65.3 Å². The number of fused-ring (bicyclic) bond motifs is 1. The van der Waals surface area contributed by atoms with Crippen molar-refractivity contribution in [3.05, 3.63) is 18.3 Å². The minimum absolute atomic E-state index is 0.00852. The molecule has 18 heavy (non-hydrogen) atoms. The van der Waals surface area contributed by atoms with Gasteiger partial charge in [0.15, 0.2) is 5.65 Å². The number of nitrogens with one attached hydrogen (secondary N) is 1. The lowest BCUT2D eigenvalue weighted by Gasteiger charge is -2.20. The number of hydrogen-bond donors (Lipinski definition) is 5. The number of imidazole rings is 1. The highest BCUT2D eigenvalue weighted by Crippen LogP contribution is 2.10. The highest BCUT2D eigenvalue weighted by Gasteiger charge is 2.25. The third kappa shape index (κ3) is 2.62. The summed E-state index contributed by atoms with van der Waals surface area (Å²) in [6.07, 6.45) is -1.15. The molecule has 0 aliphatic heterocycles. The molecule has 0 radical (unpaired) electrons. The van der Waals surface area contributed by atoms with Gasteiger partial charge in [-0.05, 0) is 0 Å². The molecule has 98 valence electrons. The summed E-state index contributed by atoms with van der Waals surface area (Å²) < 4.78 is 0. The molecule has 0 fully saturated rings. The van der Waals surface area contributed by atoms with Crippen LogP contribution in [0.1, 0.15) is 5.82 Å². The van der Waals surface area contributed by atoms with Crippen LogP contribution in [0.3, 0.4) is 0 Å². The summed E-state index contributed by atoms with van der Waals surface area (Å²) in [6.45, 7) is -0.621. The van der Waals surface area contributed by atoms with Gasteiger partial charge in [-0.2, -0.15) is 0 Å². The molecule has 8 heteroatoms. The van der Waals surface area contributed by atoms with Crippen LogP contribution in [0.5, 0.6) is 0 Å². The SMILES string of the molecule is OC[C@@H](O)[C@@H](O)[C@@H](O)Cc1nc2ncncc2[nH]1. The molecule has 8 nitrogen and oxygen atoms in total. The summed E-state index contributed by atoms with van der Waals surface area (Å²) in [5.41, 5.74) is 1.08. The van der Waals surface area contributed by atoms with Crippen molar-refractivity contribution in [2.45, 2.75) is 24.7 Å². The fourth-order valence-electron chi connectivity index (χ4n) is 1.59. The number of hydrogen-bond acceptors (Lipinski definition) is 7. The van der Waals surface area contributed by atoms with E-state index in [4.69, 9.17) is 5.11 Å². The summed E-state index contributed by atoms with van der Waals surface area (Å²) in [4.78, 5) is 14.7. The van der Waals surface area contributed by atoms with E-state index in [1.54, 1.807) is 6.20 Å². The topological polar surface area (TPSA) is 135 Å². The van der Waals surface area contributed by atoms with E-state index >= 15 is 0 Å². The summed E-state index contributed by atoms with van der Waals surface area (Å²) in [6, 6.07) is 0. The van der Waals surface area contributed by atoms with Crippen LogP contribution in [0.15, 0.2) is 12.5 Å². The molecular formula is C10H14N4O4. The van der Waals surface area contributed by atoms with Gasteiger partial charge < -0.3 is 25.4 Å². The number of aromatic amines is 1. The molecule has 5 N–H and O–H groups in total. The highest BCUT2D eigenvalue weighted by atomic mass is 16.4. The second-order valence-corrected chi connectivity index (χ2v) is 3.96. The molecule has 3 atom stereocenters. The molecule has 0 unspecified atom stereocenters. The van der Waals surface area contributed by atoms with Gasteiger partial charge in [0.2, 0.25) is 0 Å². The van der Waals surface area contributed by atoms with E-state index in [0.717, 1.165) is 0 Å². The van der Waals surface area contributed by atoms with Crippen LogP contribution in [0.4, 0.5) is 0 Å². The minimum atomic E-state index is -1.44. The molecule has 0 aliphatic rings. The largest absolute Gasteiger partial charge is 0.394 e. The number of aliphatic hydroxyl groups excluding tert-OH is 4. The predicted octanol–water partition coefficient (Wildman–Crippen LogP) is -2.03. The van der Waals surface area contributed by atoms with Crippen molar-refractivity contribution in [1.29, 1.82) is 0 Å². The lowest BCUT2D eigenvalue weighted by atomic mass is 10.1. The van der Waals surface area contributed by atoms with Crippen molar-refractivity contribution in [1.82, 2.24) is 19.9 Å². The van der Waals surface area contributed by atoms with E-state index in [9.17, 15) is 15.3 Å². The molecule has 0 amide bonds. The fourth-order valence-corrected chi connectivity index (χ4v) is 1.59. The Bertz CT molecular complexity index is 484. The monoisotopic (exact) mass is 254 g/mol. The summed E-state index contributed by atoms with van der Waals surface area (Å²) in [5, 5.41) is 37.0. The van der Waals surface area contributed by atoms with E-state index in [0.29, 0.717) is 17.0 Å². The van der Waals surface area contributed by atoms with Gasteiger partial charge in [-0.25, -0.2) is 15.0 Å². The molecule has 2 aromatic rings. The third-order valence-electron chi connectivity index (χ3n) is 2.59. The maximum Gasteiger partial charge on any atom is 0.180 e. The third-order valence-corrected chi connectivity index (χ3v) is 2.59. The van der Waals surface area contributed by atoms with Crippen LogP contribution in [0.25, 0.3) is 11.2 Å². The highest BCUT2D eigenvalue weighted by molar-refractivity contribution is 5.68. The van der Waals surface area contributed by atoms with Gasteiger partial charge in [-0.15, -0.1) is 0 Å². The average molecular weight is 254 g/mol. The molecule has 0 aliphatic carbocycles. The maximum atomic E-state index is 9.68. The molecule has 0 spiro atoms. The Morgan fingerprint density at radius 3 is 2.67 bits per heavy atom. The Morgan fingerprint density at radius 1 is 1.22 bits per heavy atom. The zero-order valence-electron chi connectivity index (χ0n) is 9.43. The van der Waals surface area contributed by atoms with Gasteiger partial charge in [0.1, 0.15) is 29.9 Å². The average Bonchev–Trinajstić information content (AvgIpc) is 2.78. The van der Waals surface area contributed by atoms with Gasteiger partial charge in [-0.3, -0.25) is 0 Å². The first-order chi connectivity index (χ1) is 8.61. The van der Waals surface area contributed by atoms with Gasteiger partial charge in [0.25, 0.3) is 0 Å². The Morgan fingerprint density at radius 2 is 2.00 bits per heavy atom. The summed E-state index contributed by atoms with van der Waals surface area (Å²) in [5.74, 6) is 0.419. The van der Waals surface area contributed by atoms with E-state index in [1.807, 2.05) is 0 Å². The summed E-state index contributed by atoms with van der Waals surface area (Å²) >= 11 is 0. The van der Waals surface area contributed by atoms with Crippen LogP contribution in [-0.2, 0) is 6.42 Å². The summed E-state index contributed by atoms with van der Waals surface area (Å²) in [7, 11) is 0. The maximum absolute atomic E-state index is 9.68. The molecule has 0 bridgehead atoms. The van der Waals surface area contributed by atoms with Crippen molar-refractivity contribution in [3.8, 4) is 0 Å². The molecule has 2 aromatic heterocycles. The molecular weight excluding hydrogens is 240 g/mol. The van der Waals surface area contributed by atoms with Crippen molar-refractivity contribution in [3.63, 3.8) is 0 Å². The quantitative estimate of drug-likeness (QED) is 0.415. The molecule has 0 saturated carbocycles. The van der Waals surface area contributed by atoms with E-state index in [2.05, 4.69) is 19.9 Å².